The van der Waals surface area contributed by atoms with Crippen molar-refractivity contribution in [2.45, 2.75) is 12.6 Å². The third kappa shape index (κ3) is 2.95. The molecule has 0 unspecified atom stereocenters. The van der Waals surface area contributed by atoms with Crippen LogP contribution in [0.4, 0.5) is 4.79 Å². The Balaban J connectivity index is 1.71. The highest BCUT2D eigenvalue weighted by molar-refractivity contribution is 5.74. The Morgan fingerprint density at radius 3 is 2.67 bits per heavy atom. The number of carbonyl (C=O) groups is 1. The van der Waals surface area contributed by atoms with Crippen LogP contribution in [-0.4, -0.2) is 25.2 Å². The Morgan fingerprint density at radius 1 is 1.33 bits per heavy atom. The average molecular weight is 205 g/mol. The molecule has 1 saturated heterocycles. The van der Waals surface area contributed by atoms with Crippen LogP contribution in [-0.2, 0) is 6.54 Å². The van der Waals surface area contributed by atoms with Crippen molar-refractivity contribution in [2.75, 3.05) is 13.1 Å². The first-order chi connectivity index (χ1) is 7.34. The molecule has 0 atom stereocenters. The fourth-order valence-corrected chi connectivity index (χ4v) is 1.41. The van der Waals surface area contributed by atoms with Crippen molar-refractivity contribution in [3.63, 3.8) is 0 Å². The van der Waals surface area contributed by atoms with Gasteiger partial charge < -0.3 is 16.0 Å². The maximum atomic E-state index is 11.4. The summed E-state index contributed by atoms with van der Waals surface area (Å²) < 4.78 is 0. The van der Waals surface area contributed by atoms with Gasteiger partial charge in [0.05, 0.1) is 6.04 Å². The minimum absolute atomic E-state index is 0.0923. The summed E-state index contributed by atoms with van der Waals surface area (Å²) in [5.74, 6) is 0. The lowest BCUT2D eigenvalue weighted by atomic mass is 10.2. The second kappa shape index (κ2) is 4.79. The van der Waals surface area contributed by atoms with Gasteiger partial charge in [0.1, 0.15) is 0 Å². The summed E-state index contributed by atoms with van der Waals surface area (Å²) in [5.41, 5.74) is 1.11. The highest BCUT2D eigenvalue weighted by Crippen LogP contribution is 1.97. The third-order valence-corrected chi connectivity index (χ3v) is 2.41. The Bertz CT molecular complexity index is 322. The highest BCUT2D eigenvalue weighted by Gasteiger charge is 2.17. The molecule has 1 fully saturated rings. The van der Waals surface area contributed by atoms with Crippen LogP contribution in [0.25, 0.3) is 0 Å². The van der Waals surface area contributed by atoms with E-state index in [9.17, 15) is 4.79 Å². The molecule has 1 aromatic rings. The maximum Gasteiger partial charge on any atom is 0.315 e. The average Bonchev–Trinajstić information content (AvgIpc) is 2.22. The summed E-state index contributed by atoms with van der Waals surface area (Å²) in [7, 11) is 0. The van der Waals surface area contributed by atoms with Gasteiger partial charge in [0, 0.05) is 19.6 Å². The molecule has 0 aromatic heterocycles. The Hall–Kier alpha value is -1.55. The van der Waals surface area contributed by atoms with Crippen molar-refractivity contribution >= 4 is 6.03 Å². The molecule has 1 aromatic carbocycles. The van der Waals surface area contributed by atoms with Crippen LogP contribution in [0.3, 0.4) is 0 Å². The minimum Gasteiger partial charge on any atom is -0.334 e. The minimum atomic E-state index is -0.0923. The number of amides is 2. The number of urea groups is 1. The van der Waals surface area contributed by atoms with Crippen molar-refractivity contribution in [1.29, 1.82) is 0 Å². The predicted octanol–water partition coefficient (Wildman–Crippen LogP) is 0.458. The smallest absolute Gasteiger partial charge is 0.315 e. The van der Waals surface area contributed by atoms with E-state index in [-0.39, 0.29) is 6.03 Å². The second-order valence-electron chi connectivity index (χ2n) is 3.67. The topological polar surface area (TPSA) is 53.2 Å². The van der Waals surface area contributed by atoms with Gasteiger partial charge in [0.25, 0.3) is 0 Å². The molecule has 0 saturated carbocycles. The summed E-state index contributed by atoms with van der Waals surface area (Å²) in [4.78, 5) is 11.4. The molecule has 4 heteroatoms. The third-order valence-electron chi connectivity index (χ3n) is 2.41. The predicted molar refractivity (Wildman–Crippen MR) is 58.5 cm³/mol. The molecule has 2 amide bonds. The van der Waals surface area contributed by atoms with E-state index >= 15 is 0 Å². The van der Waals surface area contributed by atoms with Crippen molar-refractivity contribution in [2.24, 2.45) is 0 Å². The summed E-state index contributed by atoms with van der Waals surface area (Å²) in [6, 6.07) is 10.1. The van der Waals surface area contributed by atoms with Gasteiger partial charge in [-0.1, -0.05) is 30.3 Å². The quantitative estimate of drug-likeness (QED) is 0.671. The fraction of sp³-hybridized carbons (Fsp3) is 0.364. The van der Waals surface area contributed by atoms with E-state index < -0.39 is 0 Å². The first-order valence-electron chi connectivity index (χ1n) is 5.13. The van der Waals surface area contributed by atoms with Gasteiger partial charge in [0.2, 0.25) is 0 Å². The van der Waals surface area contributed by atoms with E-state index in [0.29, 0.717) is 12.6 Å². The van der Waals surface area contributed by atoms with Crippen LogP contribution in [0, 0.1) is 0 Å². The zero-order chi connectivity index (χ0) is 10.5. The molecule has 0 bridgehead atoms. The number of rotatable bonds is 3. The lowest BCUT2D eigenvalue weighted by molar-refractivity contribution is 0.231. The number of nitrogens with one attached hydrogen (secondary N) is 3. The second-order valence-corrected chi connectivity index (χ2v) is 3.67. The molecular weight excluding hydrogens is 190 g/mol. The zero-order valence-electron chi connectivity index (χ0n) is 8.49. The van der Waals surface area contributed by atoms with Crippen LogP contribution in [0.5, 0.6) is 0 Å². The lowest BCUT2D eigenvalue weighted by Gasteiger charge is -2.27. The van der Waals surface area contributed by atoms with Crippen LogP contribution in [0.1, 0.15) is 5.56 Å². The van der Waals surface area contributed by atoms with Crippen LogP contribution >= 0.6 is 0 Å². The standard InChI is InChI=1S/C11H15N3O/c15-11(14-10-7-12-8-10)13-6-9-4-2-1-3-5-9/h1-5,10,12H,6-8H2,(H2,13,14,15). The van der Waals surface area contributed by atoms with Gasteiger partial charge >= 0.3 is 6.03 Å². The van der Waals surface area contributed by atoms with Gasteiger partial charge in [-0.25, -0.2) is 4.79 Å². The number of hydrogen-bond acceptors (Lipinski definition) is 2. The number of benzene rings is 1. The van der Waals surface area contributed by atoms with Gasteiger partial charge in [-0.15, -0.1) is 0 Å². The van der Waals surface area contributed by atoms with E-state index in [1.165, 1.54) is 0 Å². The van der Waals surface area contributed by atoms with Gasteiger partial charge in [-0.3, -0.25) is 0 Å². The molecule has 15 heavy (non-hydrogen) atoms. The van der Waals surface area contributed by atoms with E-state index in [2.05, 4.69) is 16.0 Å². The monoisotopic (exact) mass is 205 g/mol. The summed E-state index contributed by atoms with van der Waals surface area (Å²) >= 11 is 0. The van der Waals surface area contributed by atoms with Gasteiger partial charge in [0.15, 0.2) is 0 Å². The van der Waals surface area contributed by atoms with Crippen LogP contribution < -0.4 is 16.0 Å². The molecule has 1 aliphatic heterocycles. The van der Waals surface area contributed by atoms with Crippen LogP contribution in [0.15, 0.2) is 30.3 Å². The molecule has 4 nitrogen and oxygen atoms in total. The summed E-state index contributed by atoms with van der Waals surface area (Å²) in [5, 5.41) is 8.79. The van der Waals surface area contributed by atoms with Crippen molar-refractivity contribution < 1.29 is 4.79 Å². The highest BCUT2D eigenvalue weighted by atomic mass is 16.2. The molecular formula is C11H15N3O. The number of hydrogen-bond donors (Lipinski definition) is 3. The SMILES string of the molecule is O=C(NCc1ccccc1)NC1CNC1. The van der Waals surface area contributed by atoms with Gasteiger partial charge in [-0.05, 0) is 5.56 Å². The van der Waals surface area contributed by atoms with Crippen LogP contribution in [0.2, 0.25) is 0 Å². The first-order valence-corrected chi connectivity index (χ1v) is 5.13. The largest absolute Gasteiger partial charge is 0.334 e. The Labute approximate surface area is 89.1 Å². The van der Waals surface area contributed by atoms with E-state index in [1.807, 2.05) is 30.3 Å². The molecule has 0 aliphatic carbocycles. The normalized spacial score (nSPS) is 15.5. The van der Waals surface area contributed by atoms with E-state index in [1.54, 1.807) is 0 Å². The first kappa shape index (κ1) is 9.98. The molecule has 2 rings (SSSR count). The summed E-state index contributed by atoms with van der Waals surface area (Å²) in [6.45, 7) is 2.32. The molecule has 0 radical (unpaired) electrons. The molecule has 3 N–H and O–H groups in total. The fourth-order valence-electron chi connectivity index (χ4n) is 1.41. The van der Waals surface area contributed by atoms with Gasteiger partial charge in [-0.2, -0.15) is 0 Å². The maximum absolute atomic E-state index is 11.4. The van der Waals surface area contributed by atoms with E-state index in [0.717, 1.165) is 18.7 Å². The molecule has 80 valence electrons. The van der Waals surface area contributed by atoms with Crippen molar-refractivity contribution in [3.8, 4) is 0 Å². The zero-order valence-corrected chi connectivity index (χ0v) is 8.49. The molecule has 0 spiro atoms. The lowest BCUT2D eigenvalue weighted by Crippen LogP contribution is -2.58. The Morgan fingerprint density at radius 2 is 2.07 bits per heavy atom. The molecule has 1 aliphatic rings. The van der Waals surface area contributed by atoms with Crippen molar-refractivity contribution in [3.05, 3.63) is 35.9 Å². The number of carbonyl (C=O) groups excluding carboxylic acids is 1. The van der Waals surface area contributed by atoms with Crippen molar-refractivity contribution in [1.82, 2.24) is 16.0 Å². The van der Waals surface area contributed by atoms with E-state index in [4.69, 9.17) is 0 Å². The molecule has 1 heterocycles. The summed E-state index contributed by atoms with van der Waals surface area (Å²) in [6.07, 6.45) is 0. The Kier molecular flexibility index (Phi) is 3.19.